The third-order valence-corrected chi connectivity index (χ3v) is 6.42. The average Bonchev–Trinajstić information content (AvgIpc) is 2.91. The zero-order chi connectivity index (χ0) is 25.8. The number of hydrogen-bond acceptors (Lipinski definition) is 5. The van der Waals surface area contributed by atoms with Crippen molar-refractivity contribution >= 4 is 11.4 Å². The number of aliphatic imine (C=N–C) groups is 1. The number of phenolic OH excluding ortho intramolecular Hbond substituents is 1. The molecule has 0 saturated carbocycles. The fraction of sp³-hybridized carbons (Fsp3) is 0.367. The highest BCUT2D eigenvalue weighted by Gasteiger charge is 2.17. The van der Waals surface area contributed by atoms with Crippen LogP contribution >= 0.6 is 0 Å². The Balaban J connectivity index is 1.54. The highest BCUT2D eigenvalue weighted by atomic mass is 16.5. The van der Waals surface area contributed by atoms with Gasteiger partial charge in [-0.05, 0) is 61.2 Å². The van der Waals surface area contributed by atoms with E-state index < -0.39 is 0 Å². The number of nitrogens with zero attached hydrogens (tertiary/aromatic N) is 1. The molecule has 192 valence electrons. The highest BCUT2D eigenvalue weighted by molar-refractivity contribution is 5.97. The molecule has 1 aliphatic rings. The Morgan fingerprint density at radius 2 is 1.86 bits per heavy atom. The normalized spacial score (nSPS) is 15.6. The van der Waals surface area contributed by atoms with E-state index in [4.69, 9.17) is 10.5 Å². The molecular formula is C30H40N4O2. The Kier molecular flexibility index (Phi) is 10.6. The summed E-state index contributed by atoms with van der Waals surface area (Å²) in [5.74, 6) is 1.52. The number of benzene rings is 2. The van der Waals surface area contributed by atoms with Crippen LogP contribution in [0.25, 0.3) is 5.57 Å². The van der Waals surface area contributed by atoms with Gasteiger partial charge >= 0.3 is 0 Å². The van der Waals surface area contributed by atoms with Crippen molar-refractivity contribution in [3.8, 4) is 5.75 Å². The van der Waals surface area contributed by atoms with E-state index in [0.29, 0.717) is 29.4 Å². The molecule has 5 N–H and O–H groups in total. The molecule has 0 radical (unpaired) electrons. The van der Waals surface area contributed by atoms with Gasteiger partial charge in [0.2, 0.25) is 0 Å². The summed E-state index contributed by atoms with van der Waals surface area (Å²) in [4.78, 5) is 4.06. The zero-order valence-corrected chi connectivity index (χ0v) is 21.6. The largest absolute Gasteiger partial charge is 0.507 e. The summed E-state index contributed by atoms with van der Waals surface area (Å²) in [6.07, 6.45) is 8.24. The van der Waals surface area contributed by atoms with Crippen LogP contribution in [0.3, 0.4) is 0 Å². The van der Waals surface area contributed by atoms with Gasteiger partial charge in [0, 0.05) is 37.2 Å². The number of rotatable bonds is 12. The lowest BCUT2D eigenvalue weighted by Gasteiger charge is -2.26. The number of nitrogens with two attached hydrogens (primary N) is 1. The van der Waals surface area contributed by atoms with Crippen LogP contribution < -0.4 is 16.4 Å². The lowest BCUT2D eigenvalue weighted by Crippen LogP contribution is -2.32. The molecule has 0 aromatic heterocycles. The second-order valence-electron chi connectivity index (χ2n) is 9.02. The second-order valence-corrected chi connectivity index (χ2v) is 9.02. The fourth-order valence-electron chi connectivity index (χ4n) is 4.32. The summed E-state index contributed by atoms with van der Waals surface area (Å²) in [5.41, 5.74) is 11.1. The van der Waals surface area contributed by atoms with Crippen molar-refractivity contribution in [3.05, 3.63) is 95.4 Å². The third kappa shape index (κ3) is 8.02. The summed E-state index contributed by atoms with van der Waals surface area (Å²) in [6.45, 7) is 9.72. The minimum atomic E-state index is 0.160. The quantitative estimate of drug-likeness (QED) is 0.147. The lowest BCUT2D eigenvalue weighted by molar-refractivity contribution is 0.234. The fourth-order valence-corrected chi connectivity index (χ4v) is 4.32. The topological polar surface area (TPSA) is 91.9 Å². The molecule has 0 bridgehead atoms. The molecule has 0 atom stereocenters. The molecular weight excluding hydrogens is 448 g/mol. The first-order valence-corrected chi connectivity index (χ1v) is 12.8. The second kappa shape index (κ2) is 14.1. The van der Waals surface area contributed by atoms with Crippen molar-refractivity contribution in [1.29, 1.82) is 0 Å². The van der Waals surface area contributed by atoms with Crippen molar-refractivity contribution in [1.82, 2.24) is 10.6 Å². The molecule has 2 aromatic rings. The van der Waals surface area contributed by atoms with E-state index in [-0.39, 0.29) is 11.6 Å². The summed E-state index contributed by atoms with van der Waals surface area (Å²) in [5, 5.41) is 17.2. The molecule has 0 amide bonds. The summed E-state index contributed by atoms with van der Waals surface area (Å²) in [7, 11) is 1.62. The van der Waals surface area contributed by atoms with Crippen molar-refractivity contribution in [2.75, 3.05) is 26.7 Å². The van der Waals surface area contributed by atoms with Gasteiger partial charge < -0.3 is 26.2 Å². The third-order valence-electron chi connectivity index (χ3n) is 6.42. The Labute approximate surface area is 215 Å². The van der Waals surface area contributed by atoms with E-state index in [1.807, 2.05) is 6.07 Å². The molecule has 1 aliphatic heterocycles. The smallest absolute Gasteiger partial charge is 0.161 e. The van der Waals surface area contributed by atoms with Crippen molar-refractivity contribution in [2.24, 2.45) is 16.6 Å². The van der Waals surface area contributed by atoms with E-state index in [9.17, 15) is 5.11 Å². The van der Waals surface area contributed by atoms with Gasteiger partial charge in [-0.25, -0.2) is 0 Å². The lowest BCUT2D eigenvalue weighted by atomic mass is 9.93. The SMILES string of the molecule is C=C(/C=C(/OCCc1ccc(CN/C(=C\CC)C2CCNCC2)cc1)C(N)=NC)c1ccccc1O. The molecule has 0 spiro atoms. The maximum absolute atomic E-state index is 10.1. The highest BCUT2D eigenvalue weighted by Crippen LogP contribution is 2.25. The van der Waals surface area contributed by atoms with Gasteiger partial charge in [0.05, 0.1) is 6.61 Å². The van der Waals surface area contributed by atoms with Crippen molar-refractivity contribution in [3.63, 3.8) is 0 Å². The summed E-state index contributed by atoms with van der Waals surface area (Å²) < 4.78 is 5.97. The Hall–Kier alpha value is -3.51. The van der Waals surface area contributed by atoms with E-state index >= 15 is 0 Å². The monoisotopic (exact) mass is 488 g/mol. The summed E-state index contributed by atoms with van der Waals surface area (Å²) >= 11 is 0. The molecule has 2 aromatic carbocycles. The number of hydrogen-bond donors (Lipinski definition) is 4. The van der Waals surface area contributed by atoms with Crippen LogP contribution in [-0.2, 0) is 17.7 Å². The van der Waals surface area contributed by atoms with Crippen LogP contribution in [0.15, 0.2) is 83.7 Å². The van der Waals surface area contributed by atoms with Gasteiger partial charge in [0.15, 0.2) is 11.6 Å². The molecule has 1 fully saturated rings. The molecule has 0 unspecified atom stereocenters. The molecule has 0 aliphatic carbocycles. The number of ether oxygens (including phenoxy) is 1. The summed E-state index contributed by atoms with van der Waals surface area (Å²) in [6, 6.07) is 15.7. The Morgan fingerprint density at radius 1 is 1.17 bits per heavy atom. The van der Waals surface area contributed by atoms with Gasteiger partial charge in [-0.1, -0.05) is 62.0 Å². The van der Waals surface area contributed by atoms with E-state index in [1.54, 1.807) is 31.3 Å². The average molecular weight is 489 g/mol. The number of amidine groups is 1. The molecule has 3 rings (SSSR count). The maximum atomic E-state index is 10.1. The number of phenols is 1. The van der Waals surface area contributed by atoms with E-state index in [1.165, 1.54) is 29.7 Å². The van der Waals surface area contributed by atoms with Crippen LogP contribution in [0.5, 0.6) is 5.75 Å². The standard InChI is InChI=1S/C30H40N4O2/c1-4-7-27(25-14-17-33-18-15-25)34-21-24-12-10-23(11-13-24)16-19-36-29(30(31)32-3)20-22(2)26-8-5-6-9-28(26)35/h5-13,20,25,33-35H,2,4,14-19,21H2,1,3H3,(H2,31,32)/b27-7-,29-20+. The Bertz CT molecular complexity index is 1080. The van der Waals surface area contributed by atoms with Gasteiger partial charge in [-0.3, -0.25) is 4.99 Å². The maximum Gasteiger partial charge on any atom is 0.161 e. The molecule has 36 heavy (non-hydrogen) atoms. The van der Waals surface area contributed by atoms with E-state index in [2.05, 4.69) is 59.5 Å². The van der Waals surface area contributed by atoms with E-state index in [0.717, 1.165) is 32.5 Å². The molecule has 1 saturated heterocycles. The van der Waals surface area contributed by atoms with Gasteiger partial charge in [0.25, 0.3) is 0 Å². The predicted molar refractivity (Wildman–Crippen MR) is 150 cm³/mol. The zero-order valence-electron chi connectivity index (χ0n) is 21.6. The van der Waals surface area contributed by atoms with Gasteiger partial charge in [0.1, 0.15) is 5.75 Å². The van der Waals surface area contributed by atoms with Crippen LogP contribution in [-0.4, -0.2) is 37.7 Å². The minimum absolute atomic E-state index is 0.160. The first-order chi connectivity index (χ1) is 17.5. The van der Waals surface area contributed by atoms with Crippen LogP contribution in [0.1, 0.15) is 42.9 Å². The van der Waals surface area contributed by atoms with Crippen LogP contribution in [0.2, 0.25) is 0 Å². The van der Waals surface area contributed by atoms with Crippen molar-refractivity contribution in [2.45, 2.75) is 39.2 Å². The number of allylic oxidation sites excluding steroid dienone is 4. The van der Waals surface area contributed by atoms with Crippen molar-refractivity contribution < 1.29 is 9.84 Å². The first kappa shape index (κ1) is 27.1. The number of aromatic hydroxyl groups is 1. The first-order valence-electron chi connectivity index (χ1n) is 12.8. The number of nitrogens with one attached hydrogen (secondary N) is 2. The number of para-hydroxylation sites is 1. The van der Waals surface area contributed by atoms with Crippen LogP contribution in [0.4, 0.5) is 0 Å². The molecule has 1 heterocycles. The minimum Gasteiger partial charge on any atom is -0.507 e. The number of piperidine rings is 1. The van der Waals surface area contributed by atoms with Crippen LogP contribution in [0, 0.1) is 5.92 Å². The Morgan fingerprint density at radius 3 is 2.53 bits per heavy atom. The van der Waals surface area contributed by atoms with Gasteiger partial charge in [-0.2, -0.15) is 0 Å². The predicted octanol–water partition coefficient (Wildman–Crippen LogP) is 4.92. The molecule has 6 nitrogen and oxygen atoms in total. The van der Waals surface area contributed by atoms with Gasteiger partial charge in [-0.15, -0.1) is 0 Å². The molecule has 6 heteroatoms.